The molecule has 2 aromatic rings. The Bertz CT molecular complexity index is 676. The summed E-state index contributed by atoms with van der Waals surface area (Å²) in [5.41, 5.74) is 9.63. The first-order valence-corrected chi connectivity index (χ1v) is 7.60. The van der Waals surface area contributed by atoms with Gasteiger partial charge in [-0.05, 0) is 37.3 Å². The van der Waals surface area contributed by atoms with Crippen LogP contribution < -0.4 is 10.6 Å². The van der Waals surface area contributed by atoms with Gasteiger partial charge < -0.3 is 15.5 Å². The van der Waals surface area contributed by atoms with Crippen molar-refractivity contribution in [1.82, 2.24) is 4.90 Å². The Kier molecular flexibility index (Phi) is 4.00. The molecule has 0 bridgehead atoms. The second kappa shape index (κ2) is 6.10. The van der Waals surface area contributed by atoms with Crippen molar-refractivity contribution in [3.63, 3.8) is 0 Å². The van der Waals surface area contributed by atoms with Crippen LogP contribution >= 0.6 is 0 Å². The molecule has 3 rings (SSSR count). The number of piperazine rings is 1. The summed E-state index contributed by atoms with van der Waals surface area (Å²) < 4.78 is 0. The molecule has 0 atom stereocenters. The fourth-order valence-electron chi connectivity index (χ4n) is 2.85. The van der Waals surface area contributed by atoms with Gasteiger partial charge in [0, 0.05) is 43.1 Å². The number of carbonyl (C=O) groups is 1. The number of carbonyl (C=O) groups excluding carboxylic acids is 1. The highest BCUT2D eigenvalue weighted by molar-refractivity contribution is 5.94. The van der Waals surface area contributed by atoms with E-state index in [1.54, 1.807) is 0 Å². The summed E-state index contributed by atoms with van der Waals surface area (Å²) in [7, 11) is 0. The number of hydrogen-bond donors (Lipinski definition) is 1. The number of nitrogen functional groups attached to an aromatic ring is 1. The predicted octanol–water partition coefficient (Wildman–Crippen LogP) is 2.54. The molecule has 1 amide bonds. The summed E-state index contributed by atoms with van der Waals surface area (Å²) in [6.45, 7) is 5.15. The molecular weight excluding hydrogens is 274 g/mol. The van der Waals surface area contributed by atoms with Crippen molar-refractivity contribution in [2.75, 3.05) is 36.8 Å². The molecule has 4 nitrogen and oxygen atoms in total. The second-order valence-corrected chi connectivity index (χ2v) is 5.74. The molecular formula is C18H21N3O. The van der Waals surface area contributed by atoms with Crippen molar-refractivity contribution in [2.24, 2.45) is 0 Å². The van der Waals surface area contributed by atoms with Crippen LogP contribution in [0.1, 0.15) is 15.9 Å². The van der Waals surface area contributed by atoms with Crippen molar-refractivity contribution in [3.8, 4) is 0 Å². The smallest absolute Gasteiger partial charge is 0.253 e. The minimum absolute atomic E-state index is 0.121. The summed E-state index contributed by atoms with van der Waals surface area (Å²) in [6, 6.07) is 15.7. The van der Waals surface area contributed by atoms with Crippen molar-refractivity contribution in [3.05, 3.63) is 59.7 Å². The summed E-state index contributed by atoms with van der Waals surface area (Å²) in [5, 5.41) is 0. The molecule has 0 radical (unpaired) electrons. The van der Waals surface area contributed by atoms with E-state index in [1.807, 2.05) is 54.3 Å². The number of hydrogen-bond acceptors (Lipinski definition) is 3. The zero-order chi connectivity index (χ0) is 15.5. The molecule has 0 aromatic heterocycles. The second-order valence-electron chi connectivity index (χ2n) is 5.74. The Balaban J connectivity index is 1.65. The normalized spacial score (nSPS) is 15.0. The Morgan fingerprint density at radius 3 is 2.41 bits per heavy atom. The van der Waals surface area contributed by atoms with Crippen LogP contribution in [0.15, 0.2) is 48.5 Å². The monoisotopic (exact) mass is 295 g/mol. The molecule has 1 aliphatic heterocycles. The third-order valence-electron chi connectivity index (χ3n) is 4.07. The molecule has 0 spiro atoms. The van der Waals surface area contributed by atoms with Crippen LogP contribution in [-0.2, 0) is 0 Å². The van der Waals surface area contributed by atoms with Crippen LogP contribution in [0.25, 0.3) is 0 Å². The number of amides is 1. The van der Waals surface area contributed by atoms with Gasteiger partial charge >= 0.3 is 0 Å². The van der Waals surface area contributed by atoms with Gasteiger partial charge in [0.1, 0.15) is 0 Å². The van der Waals surface area contributed by atoms with Crippen molar-refractivity contribution < 1.29 is 4.79 Å². The molecule has 2 aromatic carbocycles. The van der Waals surface area contributed by atoms with Gasteiger partial charge in [0.15, 0.2) is 0 Å². The SMILES string of the molecule is Cc1cccc(C(=O)N2CCN(c3cccc(N)c3)CC2)c1. The quantitative estimate of drug-likeness (QED) is 0.866. The molecule has 2 N–H and O–H groups in total. The Labute approximate surface area is 131 Å². The highest BCUT2D eigenvalue weighted by Crippen LogP contribution is 2.20. The summed E-state index contributed by atoms with van der Waals surface area (Å²) >= 11 is 0. The van der Waals surface area contributed by atoms with Crippen molar-refractivity contribution in [1.29, 1.82) is 0 Å². The Hall–Kier alpha value is -2.49. The van der Waals surface area contributed by atoms with E-state index in [0.29, 0.717) is 0 Å². The minimum Gasteiger partial charge on any atom is -0.399 e. The van der Waals surface area contributed by atoms with Gasteiger partial charge in [-0.3, -0.25) is 4.79 Å². The van der Waals surface area contributed by atoms with Crippen molar-refractivity contribution in [2.45, 2.75) is 6.92 Å². The number of rotatable bonds is 2. The average molecular weight is 295 g/mol. The molecule has 1 heterocycles. The van der Waals surface area contributed by atoms with E-state index in [0.717, 1.165) is 48.7 Å². The number of anilines is 2. The molecule has 1 aliphatic rings. The molecule has 1 fully saturated rings. The zero-order valence-electron chi connectivity index (χ0n) is 12.8. The number of aryl methyl sites for hydroxylation is 1. The van der Waals surface area contributed by atoms with E-state index in [-0.39, 0.29) is 5.91 Å². The maximum atomic E-state index is 12.5. The van der Waals surface area contributed by atoms with Crippen LogP contribution in [-0.4, -0.2) is 37.0 Å². The number of nitrogens with zero attached hydrogens (tertiary/aromatic N) is 2. The first-order valence-electron chi connectivity index (χ1n) is 7.60. The first-order chi connectivity index (χ1) is 10.6. The lowest BCUT2D eigenvalue weighted by Crippen LogP contribution is -2.48. The van der Waals surface area contributed by atoms with E-state index in [4.69, 9.17) is 5.73 Å². The zero-order valence-corrected chi connectivity index (χ0v) is 12.8. The summed E-state index contributed by atoms with van der Waals surface area (Å²) in [5.74, 6) is 0.121. The highest BCUT2D eigenvalue weighted by Gasteiger charge is 2.22. The van der Waals surface area contributed by atoms with Gasteiger partial charge in [0.05, 0.1) is 0 Å². The molecule has 22 heavy (non-hydrogen) atoms. The van der Waals surface area contributed by atoms with Gasteiger partial charge in [-0.2, -0.15) is 0 Å². The average Bonchev–Trinajstić information content (AvgIpc) is 2.54. The standard InChI is InChI=1S/C18H21N3O/c1-14-4-2-5-15(12-14)18(22)21-10-8-20(9-11-21)17-7-3-6-16(19)13-17/h2-7,12-13H,8-11,19H2,1H3. The number of nitrogens with two attached hydrogens (primary N) is 1. The minimum atomic E-state index is 0.121. The topological polar surface area (TPSA) is 49.6 Å². The highest BCUT2D eigenvalue weighted by atomic mass is 16.2. The number of benzene rings is 2. The molecule has 4 heteroatoms. The third kappa shape index (κ3) is 3.06. The van der Waals surface area contributed by atoms with E-state index >= 15 is 0 Å². The van der Waals surface area contributed by atoms with Gasteiger partial charge in [0.2, 0.25) is 0 Å². The summed E-state index contributed by atoms with van der Waals surface area (Å²) in [4.78, 5) is 16.7. The van der Waals surface area contributed by atoms with Crippen LogP contribution in [0, 0.1) is 6.92 Å². The molecule has 114 valence electrons. The van der Waals surface area contributed by atoms with E-state index < -0.39 is 0 Å². The lowest BCUT2D eigenvalue weighted by atomic mass is 10.1. The van der Waals surface area contributed by atoms with Crippen LogP contribution in [0.5, 0.6) is 0 Å². The van der Waals surface area contributed by atoms with E-state index in [2.05, 4.69) is 11.0 Å². The fraction of sp³-hybridized carbons (Fsp3) is 0.278. The fourth-order valence-corrected chi connectivity index (χ4v) is 2.85. The lowest BCUT2D eigenvalue weighted by molar-refractivity contribution is 0.0746. The van der Waals surface area contributed by atoms with Crippen LogP contribution in [0.3, 0.4) is 0 Å². The Morgan fingerprint density at radius 2 is 1.73 bits per heavy atom. The molecule has 0 saturated carbocycles. The van der Waals surface area contributed by atoms with Gasteiger partial charge in [-0.25, -0.2) is 0 Å². The van der Waals surface area contributed by atoms with E-state index in [9.17, 15) is 4.79 Å². The van der Waals surface area contributed by atoms with Crippen molar-refractivity contribution >= 4 is 17.3 Å². The molecule has 1 saturated heterocycles. The largest absolute Gasteiger partial charge is 0.399 e. The third-order valence-corrected chi connectivity index (χ3v) is 4.07. The maximum absolute atomic E-state index is 12.5. The van der Waals surface area contributed by atoms with Crippen LogP contribution in [0.4, 0.5) is 11.4 Å². The maximum Gasteiger partial charge on any atom is 0.253 e. The predicted molar refractivity (Wildman–Crippen MR) is 90.1 cm³/mol. The molecule has 0 unspecified atom stereocenters. The van der Waals surface area contributed by atoms with Gasteiger partial charge in [0.25, 0.3) is 5.91 Å². The van der Waals surface area contributed by atoms with E-state index in [1.165, 1.54) is 0 Å². The lowest BCUT2D eigenvalue weighted by Gasteiger charge is -2.36. The first kappa shape index (κ1) is 14.4. The van der Waals surface area contributed by atoms with Crippen LogP contribution in [0.2, 0.25) is 0 Å². The van der Waals surface area contributed by atoms with Gasteiger partial charge in [-0.1, -0.05) is 23.8 Å². The Morgan fingerprint density at radius 1 is 1.00 bits per heavy atom. The molecule has 0 aliphatic carbocycles. The van der Waals surface area contributed by atoms with Gasteiger partial charge in [-0.15, -0.1) is 0 Å². The summed E-state index contributed by atoms with van der Waals surface area (Å²) in [6.07, 6.45) is 0.